The first-order chi connectivity index (χ1) is 14.7. The topological polar surface area (TPSA) is 90.7 Å². The van der Waals surface area contributed by atoms with Gasteiger partial charge in [-0.05, 0) is 30.3 Å². The average Bonchev–Trinajstić information content (AvgIpc) is 2.80. The quantitative estimate of drug-likeness (QED) is 0.499. The van der Waals surface area contributed by atoms with Gasteiger partial charge in [-0.2, -0.15) is 5.26 Å². The van der Waals surface area contributed by atoms with Gasteiger partial charge in [0.2, 0.25) is 0 Å². The molecule has 1 amide bonds. The van der Waals surface area contributed by atoms with E-state index in [0.717, 1.165) is 5.56 Å². The fourth-order valence-electron chi connectivity index (χ4n) is 2.87. The first kappa shape index (κ1) is 18.8. The fraction of sp³-hybridized carbons (Fsp3) is 0. The number of nitrogens with zero attached hydrogens (tertiary/aromatic N) is 3. The van der Waals surface area contributed by atoms with Gasteiger partial charge in [0.05, 0.1) is 11.6 Å². The molecule has 30 heavy (non-hydrogen) atoms. The fourth-order valence-corrected chi connectivity index (χ4v) is 2.87. The molecule has 4 rings (SSSR count). The van der Waals surface area contributed by atoms with Gasteiger partial charge >= 0.3 is 0 Å². The molecule has 0 radical (unpaired) electrons. The minimum Gasteiger partial charge on any atom is -0.340 e. The largest absolute Gasteiger partial charge is 0.340 e. The number of nitriles is 1. The van der Waals surface area contributed by atoms with E-state index in [-0.39, 0.29) is 11.6 Å². The Morgan fingerprint density at radius 2 is 1.50 bits per heavy atom. The van der Waals surface area contributed by atoms with Crippen molar-refractivity contribution in [2.45, 2.75) is 0 Å². The van der Waals surface area contributed by atoms with Gasteiger partial charge in [0, 0.05) is 23.0 Å². The van der Waals surface area contributed by atoms with E-state index in [1.54, 1.807) is 24.3 Å². The number of rotatable bonds is 5. The van der Waals surface area contributed by atoms with Crippen LogP contribution in [0.2, 0.25) is 0 Å². The third-order valence-corrected chi connectivity index (χ3v) is 4.29. The van der Waals surface area contributed by atoms with E-state index in [1.807, 2.05) is 66.7 Å². The van der Waals surface area contributed by atoms with Crippen molar-refractivity contribution in [3.05, 3.63) is 102 Å². The van der Waals surface area contributed by atoms with Gasteiger partial charge in [0.25, 0.3) is 5.91 Å². The molecule has 4 aromatic rings. The molecular formula is C24H17N5O. The lowest BCUT2D eigenvalue weighted by atomic mass is 10.2. The number of anilines is 3. The highest BCUT2D eigenvalue weighted by Crippen LogP contribution is 2.22. The van der Waals surface area contributed by atoms with Gasteiger partial charge in [-0.3, -0.25) is 4.79 Å². The van der Waals surface area contributed by atoms with Crippen LogP contribution < -0.4 is 10.6 Å². The van der Waals surface area contributed by atoms with Gasteiger partial charge in [-0.25, -0.2) is 9.97 Å². The summed E-state index contributed by atoms with van der Waals surface area (Å²) >= 11 is 0. The van der Waals surface area contributed by atoms with Crippen LogP contribution in [0.15, 0.2) is 91.0 Å². The molecule has 0 aliphatic carbocycles. The second kappa shape index (κ2) is 8.67. The van der Waals surface area contributed by atoms with Gasteiger partial charge in [-0.1, -0.05) is 54.6 Å². The van der Waals surface area contributed by atoms with Crippen LogP contribution in [0.25, 0.3) is 11.4 Å². The summed E-state index contributed by atoms with van der Waals surface area (Å²) < 4.78 is 0. The van der Waals surface area contributed by atoms with Gasteiger partial charge in [0.15, 0.2) is 5.82 Å². The van der Waals surface area contributed by atoms with E-state index in [9.17, 15) is 4.79 Å². The molecule has 0 fully saturated rings. The Morgan fingerprint density at radius 1 is 0.800 bits per heavy atom. The van der Waals surface area contributed by atoms with Crippen molar-refractivity contribution in [3.8, 4) is 17.5 Å². The summed E-state index contributed by atoms with van der Waals surface area (Å²) in [4.78, 5) is 21.8. The van der Waals surface area contributed by atoms with Crippen LogP contribution in [0, 0.1) is 11.3 Å². The molecule has 0 atom stereocenters. The van der Waals surface area contributed by atoms with Crippen molar-refractivity contribution in [1.29, 1.82) is 5.26 Å². The average molecular weight is 391 g/mol. The van der Waals surface area contributed by atoms with Crippen LogP contribution in [0.5, 0.6) is 0 Å². The number of amides is 1. The van der Waals surface area contributed by atoms with Crippen molar-refractivity contribution in [2.75, 3.05) is 10.6 Å². The van der Waals surface area contributed by atoms with Crippen LogP contribution in [-0.2, 0) is 0 Å². The summed E-state index contributed by atoms with van der Waals surface area (Å²) in [7, 11) is 0. The zero-order valence-corrected chi connectivity index (χ0v) is 15.9. The summed E-state index contributed by atoms with van der Waals surface area (Å²) in [6, 6.07) is 29.4. The second-order valence-corrected chi connectivity index (χ2v) is 6.47. The van der Waals surface area contributed by atoms with Gasteiger partial charge in [0.1, 0.15) is 11.5 Å². The number of hydrogen-bond acceptors (Lipinski definition) is 5. The first-order valence-corrected chi connectivity index (χ1v) is 9.29. The van der Waals surface area contributed by atoms with E-state index in [2.05, 4.69) is 26.7 Å². The Morgan fingerprint density at radius 3 is 2.23 bits per heavy atom. The van der Waals surface area contributed by atoms with Crippen molar-refractivity contribution < 1.29 is 4.79 Å². The summed E-state index contributed by atoms with van der Waals surface area (Å²) in [5.41, 5.74) is 2.92. The standard InChI is InChI=1S/C24H17N5O/c25-16-17-8-7-13-20(14-17)26-22-15-21(24(30)27-19-11-5-2-6-12-19)28-23(29-22)18-9-3-1-4-10-18/h1-15H,(H,27,30)(H,26,28,29). The molecule has 144 valence electrons. The molecule has 0 bridgehead atoms. The third kappa shape index (κ3) is 4.49. The van der Waals surface area contributed by atoms with Crippen LogP contribution in [0.4, 0.5) is 17.2 Å². The highest BCUT2D eigenvalue weighted by Gasteiger charge is 2.14. The molecule has 0 aliphatic rings. The Balaban J connectivity index is 1.71. The number of para-hydroxylation sites is 1. The molecule has 0 aliphatic heterocycles. The maximum absolute atomic E-state index is 12.8. The molecule has 6 heteroatoms. The Bertz CT molecular complexity index is 1220. The molecular weight excluding hydrogens is 374 g/mol. The van der Waals surface area contributed by atoms with Gasteiger partial charge < -0.3 is 10.6 Å². The number of carbonyl (C=O) groups is 1. The lowest BCUT2D eigenvalue weighted by Gasteiger charge is -2.11. The number of nitrogens with one attached hydrogen (secondary N) is 2. The number of benzene rings is 3. The minimum absolute atomic E-state index is 0.228. The van der Waals surface area contributed by atoms with Crippen LogP contribution in [-0.4, -0.2) is 15.9 Å². The normalized spacial score (nSPS) is 10.1. The summed E-state index contributed by atoms with van der Waals surface area (Å²) in [5.74, 6) is 0.544. The highest BCUT2D eigenvalue weighted by molar-refractivity contribution is 6.03. The zero-order valence-electron chi connectivity index (χ0n) is 15.9. The van der Waals surface area contributed by atoms with Crippen LogP contribution in [0.1, 0.15) is 16.1 Å². The summed E-state index contributed by atoms with van der Waals surface area (Å²) in [6.45, 7) is 0. The SMILES string of the molecule is N#Cc1cccc(Nc2cc(C(=O)Nc3ccccc3)nc(-c3ccccc3)n2)c1. The second-order valence-electron chi connectivity index (χ2n) is 6.47. The summed E-state index contributed by atoms with van der Waals surface area (Å²) in [6.07, 6.45) is 0. The minimum atomic E-state index is -0.338. The zero-order chi connectivity index (χ0) is 20.8. The number of aromatic nitrogens is 2. The first-order valence-electron chi connectivity index (χ1n) is 9.29. The van der Waals surface area contributed by atoms with Crippen molar-refractivity contribution in [3.63, 3.8) is 0 Å². The Labute approximate surface area is 173 Å². The van der Waals surface area contributed by atoms with Crippen LogP contribution in [0.3, 0.4) is 0 Å². The van der Waals surface area contributed by atoms with E-state index < -0.39 is 0 Å². The monoisotopic (exact) mass is 391 g/mol. The molecule has 1 aromatic heterocycles. The third-order valence-electron chi connectivity index (χ3n) is 4.29. The van der Waals surface area contributed by atoms with E-state index in [1.165, 1.54) is 0 Å². The van der Waals surface area contributed by atoms with Crippen molar-refractivity contribution in [1.82, 2.24) is 9.97 Å². The smallest absolute Gasteiger partial charge is 0.274 e. The predicted molar refractivity (Wildman–Crippen MR) is 116 cm³/mol. The summed E-state index contributed by atoms with van der Waals surface area (Å²) in [5, 5.41) is 15.1. The molecule has 1 heterocycles. The molecule has 0 saturated heterocycles. The molecule has 6 nitrogen and oxygen atoms in total. The number of hydrogen-bond donors (Lipinski definition) is 2. The molecule has 3 aromatic carbocycles. The lowest BCUT2D eigenvalue weighted by Crippen LogP contribution is -2.15. The maximum Gasteiger partial charge on any atom is 0.274 e. The lowest BCUT2D eigenvalue weighted by molar-refractivity contribution is 0.102. The molecule has 2 N–H and O–H groups in total. The van der Waals surface area contributed by atoms with E-state index in [4.69, 9.17) is 5.26 Å². The van der Waals surface area contributed by atoms with Gasteiger partial charge in [-0.15, -0.1) is 0 Å². The highest BCUT2D eigenvalue weighted by atomic mass is 16.1. The molecule has 0 spiro atoms. The maximum atomic E-state index is 12.8. The van der Waals surface area contributed by atoms with E-state index in [0.29, 0.717) is 28.6 Å². The van der Waals surface area contributed by atoms with Crippen molar-refractivity contribution in [2.24, 2.45) is 0 Å². The van der Waals surface area contributed by atoms with Crippen molar-refractivity contribution >= 4 is 23.1 Å². The van der Waals surface area contributed by atoms with E-state index >= 15 is 0 Å². The Kier molecular flexibility index (Phi) is 5.45. The molecule has 0 unspecified atom stereocenters. The molecule has 0 saturated carbocycles. The van der Waals surface area contributed by atoms with Crippen LogP contribution >= 0.6 is 0 Å². The predicted octanol–water partition coefficient (Wildman–Crippen LogP) is 5.01. The Hall–Kier alpha value is -4.50. The number of carbonyl (C=O) groups excluding carboxylic acids is 1.